The molecule has 2 aromatic heterocycles. The second kappa shape index (κ2) is 4.60. The fourth-order valence-electron chi connectivity index (χ4n) is 1.59. The predicted molar refractivity (Wildman–Crippen MR) is 72.8 cm³/mol. The van der Waals surface area contributed by atoms with Gasteiger partial charge in [-0.25, -0.2) is 0 Å². The molecule has 8 heteroatoms. The highest BCUT2D eigenvalue weighted by Gasteiger charge is 2.14. The Labute approximate surface area is 117 Å². The van der Waals surface area contributed by atoms with Crippen LogP contribution in [0.2, 0.25) is 5.02 Å². The van der Waals surface area contributed by atoms with Gasteiger partial charge in [-0.1, -0.05) is 22.9 Å². The Morgan fingerprint density at radius 2 is 2.32 bits per heavy atom. The Hall–Kier alpha value is -1.99. The third-order valence-corrected chi connectivity index (χ3v) is 3.66. The first-order chi connectivity index (χ1) is 9.13. The number of hydrogen-bond acceptors (Lipinski definition) is 5. The van der Waals surface area contributed by atoms with Crippen LogP contribution in [0.15, 0.2) is 24.5 Å². The average Bonchev–Trinajstić information content (AvgIpc) is 2.93. The van der Waals surface area contributed by atoms with Gasteiger partial charge in [-0.3, -0.25) is 4.79 Å². The van der Waals surface area contributed by atoms with E-state index in [2.05, 4.69) is 20.6 Å². The van der Waals surface area contributed by atoms with Crippen LogP contribution in [0.1, 0.15) is 15.4 Å². The first kappa shape index (κ1) is 12.1. The molecular formula is C11H8ClN5OS. The van der Waals surface area contributed by atoms with Crippen LogP contribution in [0.4, 0.5) is 5.69 Å². The van der Waals surface area contributed by atoms with Crippen molar-refractivity contribution in [3.8, 4) is 0 Å². The summed E-state index contributed by atoms with van der Waals surface area (Å²) in [6.07, 6.45) is 1.45. The number of aryl methyl sites for hydroxylation is 1. The van der Waals surface area contributed by atoms with Crippen molar-refractivity contribution in [2.75, 3.05) is 5.32 Å². The van der Waals surface area contributed by atoms with Crippen LogP contribution in [-0.4, -0.2) is 25.7 Å². The molecule has 0 aliphatic heterocycles. The number of rotatable bonds is 2. The minimum atomic E-state index is -0.277. The van der Waals surface area contributed by atoms with Crippen LogP contribution >= 0.6 is 22.9 Å². The number of nitrogens with one attached hydrogen (secondary N) is 1. The Bertz CT molecular complexity index is 737. The molecule has 0 saturated heterocycles. The maximum atomic E-state index is 12.1. The first-order valence-electron chi connectivity index (χ1n) is 5.38. The average molecular weight is 294 g/mol. The van der Waals surface area contributed by atoms with Crippen molar-refractivity contribution in [3.05, 3.63) is 40.1 Å². The van der Waals surface area contributed by atoms with Crippen molar-refractivity contribution in [1.29, 1.82) is 0 Å². The second-order valence-corrected chi connectivity index (χ2v) is 5.27. The highest BCUT2D eigenvalue weighted by Crippen LogP contribution is 2.21. The van der Waals surface area contributed by atoms with E-state index in [1.807, 2.05) is 6.92 Å². The summed E-state index contributed by atoms with van der Waals surface area (Å²) in [5.74, 6) is -0.277. The van der Waals surface area contributed by atoms with Crippen LogP contribution < -0.4 is 5.32 Å². The minimum Gasteiger partial charge on any atom is -0.320 e. The maximum Gasteiger partial charge on any atom is 0.286 e. The number of hydrogen-bond donors (Lipinski definition) is 1. The van der Waals surface area contributed by atoms with Crippen molar-refractivity contribution in [3.63, 3.8) is 0 Å². The number of aromatic nitrogens is 4. The monoisotopic (exact) mass is 293 g/mol. The lowest BCUT2D eigenvalue weighted by Gasteiger charge is -2.06. The number of anilines is 1. The van der Waals surface area contributed by atoms with Crippen molar-refractivity contribution >= 4 is 39.5 Å². The van der Waals surface area contributed by atoms with Gasteiger partial charge in [-0.2, -0.15) is 4.52 Å². The summed E-state index contributed by atoms with van der Waals surface area (Å²) in [7, 11) is 0. The first-order valence-corrected chi connectivity index (χ1v) is 6.57. The van der Waals surface area contributed by atoms with Gasteiger partial charge in [0.2, 0.25) is 9.97 Å². The molecule has 1 N–H and O–H groups in total. The number of benzene rings is 1. The summed E-state index contributed by atoms with van der Waals surface area (Å²) >= 11 is 7.05. The molecule has 3 rings (SSSR count). The van der Waals surface area contributed by atoms with Crippen molar-refractivity contribution in [2.45, 2.75) is 6.92 Å². The van der Waals surface area contributed by atoms with Crippen molar-refractivity contribution in [2.24, 2.45) is 0 Å². The number of halogens is 1. The van der Waals surface area contributed by atoms with Crippen LogP contribution in [0.3, 0.4) is 0 Å². The lowest BCUT2D eigenvalue weighted by molar-refractivity contribution is 0.102. The van der Waals surface area contributed by atoms with Gasteiger partial charge in [0.05, 0.1) is 0 Å². The van der Waals surface area contributed by atoms with Gasteiger partial charge in [0.1, 0.15) is 6.33 Å². The molecule has 2 heterocycles. The zero-order valence-electron chi connectivity index (χ0n) is 9.79. The number of carbonyl (C=O) groups is 1. The molecule has 0 unspecified atom stereocenters. The zero-order valence-corrected chi connectivity index (χ0v) is 11.4. The number of nitrogens with zero attached hydrogens (tertiary/aromatic N) is 4. The quantitative estimate of drug-likeness (QED) is 0.787. The molecule has 0 bridgehead atoms. The predicted octanol–water partition coefficient (Wildman–Crippen LogP) is 2.40. The third-order valence-electron chi connectivity index (χ3n) is 2.52. The van der Waals surface area contributed by atoms with Gasteiger partial charge in [0.25, 0.3) is 5.91 Å². The number of fused-ring (bicyclic) bond motifs is 1. The molecule has 1 amide bonds. The van der Waals surface area contributed by atoms with Gasteiger partial charge >= 0.3 is 0 Å². The second-order valence-electron chi connectivity index (χ2n) is 3.88. The highest BCUT2D eigenvalue weighted by molar-refractivity contribution is 7.18. The van der Waals surface area contributed by atoms with Crippen LogP contribution in [-0.2, 0) is 0 Å². The Morgan fingerprint density at radius 3 is 3.05 bits per heavy atom. The lowest BCUT2D eigenvalue weighted by Crippen LogP contribution is -2.12. The summed E-state index contributed by atoms with van der Waals surface area (Å²) in [6, 6.07) is 5.27. The van der Waals surface area contributed by atoms with Gasteiger partial charge in [-0.05, 0) is 30.7 Å². The third kappa shape index (κ3) is 2.29. The Morgan fingerprint density at radius 1 is 1.47 bits per heavy atom. The van der Waals surface area contributed by atoms with E-state index in [-0.39, 0.29) is 5.91 Å². The number of carbonyl (C=O) groups excluding carboxylic acids is 1. The van der Waals surface area contributed by atoms with E-state index in [0.717, 1.165) is 5.56 Å². The van der Waals surface area contributed by atoms with E-state index in [0.29, 0.717) is 20.7 Å². The summed E-state index contributed by atoms with van der Waals surface area (Å²) in [6.45, 7) is 1.88. The van der Waals surface area contributed by atoms with Crippen LogP contribution in [0, 0.1) is 6.92 Å². The minimum absolute atomic E-state index is 0.277. The molecule has 96 valence electrons. The fourth-order valence-corrected chi connectivity index (χ4v) is 2.54. The maximum absolute atomic E-state index is 12.1. The Balaban J connectivity index is 1.86. The van der Waals surface area contributed by atoms with Gasteiger partial charge in [0.15, 0.2) is 0 Å². The van der Waals surface area contributed by atoms with Crippen molar-refractivity contribution < 1.29 is 4.79 Å². The molecule has 0 aliphatic carbocycles. The topological polar surface area (TPSA) is 72.2 Å². The molecule has 0 radical (unpaired) electrons. The molecule has 0 atom stereocenters. The van der Waals surface area contributed by atoms with Crippen LogP contribution in [0.25, 0.3) is 4.96 Å². The standard InChI is InChI=1S/C11H8ClN5OS/c1-6-4-7(12)2-3-8(6)14-9(18)10-16-17-5-13-15-11(17)19-10/h2-5H,1H3,(H,14,18). The molecular weight excluding hydrogens is 286 g/mol. The van der Waals surface area contributed by atoms with E-state index < -0.39 is 0 Å². The molecule has 1 aromatic carbocycles. The lowest BCUT2D eigenvalue weighted by atomic mass is 10.2. The zero-order chi connectivity index (χ0) is 13.4. The number of amides is 1. The summed E-state index contributed by atoms with van der Waals surface area (Å²) < 4.78 is 1.47. The molecule has 0 fully saturated rings. The molecule has 0 aliphatic rings. The molecule has 0 saturated carbocycles. The van der Waals surface area contributed by atoms with E-state index in [1.54, 1.807) is 18.2 Å². The fraction of sp³-hybridized carbons (Fsp3) is 0.0909. The molecule has 3 aromatic rings. The van der Waals surface area contributed by atoms with E-state index in [1.165, 1.54) is 22.2 Å². The van der Waals surface area contributed by atoms with E-state index in [9.17, 15) is 4.79 Å². The molecule has 6 nitrogen and oxygen atoms in total. The smallest absolute Gasteiger partial charge is 0.286 e. The van der Waals surface area contributed by atoms with E-state index in [4.69, 9.17) is 11.6 Å². The molecule has 19 heavy (non-hydrogen) atoms. The van der Waals surface area contributed by atoms with Crippen molar-refractivity contribution in [1.82, 2.24) is 19.8 Å². The van der Waals surface area contributed by atoms with Gasteiger partial charge < -0.3 is 5.32 Å². The highest BCUT2D eigenvalue weighted by atomic mass is 35.5. The van der Waals surface area contributed by atoms with Crippen LogP contribution in [0.5, 0.6) is 0 Å². The molecule has 0 spiro atoms. The summed E-state index contributed by atoms with van der Waals surface area (Å²) in [5.41, 5.74) is 1.60. The summed E-state index contributed by atoms with van der Waals surface area (Å²) in [5, 5.41) is 15.4. The summed E-state index contributed by atoms with van der Waals surface area (Å²) in [4.78, 5) is 12.6. The largest absolute Gasteiger partial charge is 0.320 e. The van der Waals surface area contributed by atoms with Gasteiger partial charge in [0, 0.05) is 10.7 Å². The Kier molecular flexibility index (Phi) is 2.92. The van der Waals surface area contributed by atoms with E-state index >= 15 is 0 Å². The van der Waals surface area contributed by atoms with Gasteiger partial charge in [-0.15, -0.1) is 15.3 Å². The normalized spacial score (nSPS) is 10.8. The SMILES string of the molecule is Cc1cc(Cl)ccc1NC(=O)c1nn2cnnc2s1.